The molecule has 0 spiro atoms. The Morgan fingerprint density at radius 1 is 0.960 bits per heavy atom. The van der Waals surface area contributed by atoms with Crippen LogP contribution in [-0.4, -0.2) is 22.2 Å². The van der Waals surface area contributed by atoms with Gasteiger partial charge < -0.3 is 10.2 Å². The number of carboxylic acids is 2. The van der Waals surface area contributed by atoms with E-state index < -0.39 is 22.8 Å². The first-order chi connectivity index (χ1) is 11.5. The third-order valence-corrected chi connectivity index (χ3v) is 6.70. The van der Waals surface area contributed by atoms with Crippen LogP contribution in [0.25, 0.3) is 0 Å². The summed E-state index contributed by atoms with van der Waals surface area (Å²) >= 11 is 0. The van der Waals surface area contributed by atoms with E-state index in [1.54, 1.807) is 13.8 Å². The van der Waals surface area contributed by atoms with Gasteiger partial charge in [0.25, 0.3) is 0 Å². The molecule has 0 aromatic heterocycles. The highest BCUT2D eigenvalue weighted by atomic mass is 16.4. The van der Waals surface area contributed by atoms with Crippen molar-refractivity contribution < 1.29 is 19.8 Å². The molecule has 4 nitrogen and oxygen atoms in total. The summed E-state index contributed by atoms with van der Waals surface area (Å²) < 4.78 is 0. The molecule has 0 radical (unpaired) electrons. The summed E-state index contributed by atoms with van der Waals surface area (Å²) in [5, 5.41) is 19.3. The van der Waals surface area contributed by atoms with Crippen LogP contribution in [0.5, 0.6) is 0 Å². The number of aliphatic carboxylic acids is 2. The van der Waals surface area contributed by atoms with Crippen LogP contribution >= 0.6 is 0 Å². The number of hydrogen-bond acceptors (Lipinski definition) is 2. The van der Waals surface area contributed by atoms with Crippen molar-refractivity contribution in [2.45, 2.75) is 92.4 Å². The Morgan fingerprint density at radius 2 is 1.52 bits per heavy atom. The Bertz CT molecular complexity index is 459. The molecule has 1 aliphatic rings. The zero-order valence-electron chi connectivity index (χ0n) is 16.8. The predicted molar refractivity (Wildman–Crippen MR) is 101 cm³/mol. The second-order valence-corrected chi connectivity index (χ2v) is 9.24. The number of rotatable bonds is 10. The van der Waals surface area contributed by atoms with E-state index in [1.807, 2.05) is 0 Å². The fourth-order valence-electron chi connectivity index (χ4n) is 4.36. The van der Waals surface area contributed by atoms with Gasteiger partial charge in [-0.05, 0) is 50.9 Å². The molecule has 4 atom stereocenters. The summed E-state index contributed by atoms with van der Waals surface area (Å²) in [4.78, 5) is 23.5. The van der Waals surface area contributed by atoms with Crippen molar-refractivity contribution in [2.24, 2.45) is 28.6 Å². The molecule has 0 heterocycles. The van der Waals surface area contributed by atoms with Gasteiger partial charge >= 0.3 is 11.9 Å². The van der Waals surface area contributed by atoms with E-state index in [0.29, 0.717) is 18.8 Å². The molecule has 25 heavy (non-hydrogen) atoms. The zero-order chi connectivity index (χ0) is 19.3. The van der Waals surface area contributed by atoms with E-state index in [-0.39, 0.29) is 0 Å². The molecular formula is C21H38O4. The van der Waals surface area contributed by atoms with Gasteiger partial charge in [-0.3, -0.25) is 9.59 Å². The molecule has 0 bridgehead atoms. The average molecular weight is 355 g/mol. The van der Waals surface area contributed by atoms with Crippen molar-refractivity contribution in [3.05, 3.63) is 0 Å². The smallest absolute Gasteiger partial charge is 0.310 e. The van der Waals surface area contributed by atoms with E-state index in [0.717, 1.165) is 31.1 Å². The topological polar surface area (TPSA) is 74.6 Å². The third kappa shape index (κ3) is 5.46. The van der Waals surface area contributed by atoms with E-state index in [4.69, 9.17) is 0 Å². The summed E-state index contributed by atoms with van der Waals surface area (Å²) in [5.41, 5.74) is -2.34. The van der Waals surface area contributed by atoms with E-state index in [9.17, 15) is 19.8 Å². The molecule has 1 saturated carbocycles. The van der Waals surface area contributed by atoms with Crippen LogP contribution in [0.1, 0.15) is 92.4 Å². The average Bonchev–Trinajstić information content (AvgIpc) is 2.50. The van der Waals surface area contributed by atoms with E-state index in [1.165, 1.54) is 25.7 Å². The molecule has 0 amide bonds. The molecule has 4 heteroatoms. The maximum Gasteiger partial charge on any atom is 0.310 e. The number of carboxylic acid groups (broad SMARTS) is 2. The highest BCUT2D eigenvalue weighted by molar-refractivity contribution is 5.86. The van der Waals surface area contributed by atoms with Crippen molar-refractivity contribution >= 4 is 11.9 Å². The van der Waals surface area contributed by atoms with Crippen molar-refractivity contribution in [1.29, 1.82) is 0 Å². The molecule has 0 aromatic rings. The van der Waals surface area contributed by atoms with Crippen LogP contribution in [0.4, 0.5) is 0 Å². The fraction of sp³-hybridized carbons (Fsp3) is 0.905. The predicted octanol–water partition coefficient (Wildman–Crippen LogP) is 5.60. The minimum atomic E-state index is -1.18. The van der Waals surface area contributed by atoms with Crippen molar-refractivity contribution in [3.63, 3.8) is 0 Å². The van der Waals surface area contributed by atoms with Gasteiger partial charge in [0.2, 0.25) is 0 Å². The van der Waals surface area contributed by atoms with E-state index >= 15 is 0 Å². The highest BCUT2D eigenvalue weighted by Gasteiger charge is 2.58. The quantitative estimate of drug-likeness (QED) is 0.535. The molecule has 146 valence electrons. The Morgan fingerprint density at radius 3 is 2.04 bits per heavy atom. The van der Waals surface area contributed by atoms with Crippen LogP contribution in [0.15, 0.2) is 0 Å². The molecule has 4 unspecified atom stereocenters. The molecule has 0 saturated heterocycles. The molecule has 0 aromatic carbocycles. The maximum absolute atomic E-state index is 11.8. The maximum atomic E-state index is 11.8. The molecule has 1 fully saturated rings. The van der Waals surface area contributed by atoms with Crippen LogP contribution in [-0.2, 0) is 9.59 Å². The van der Waals surface area contributed by atoms with Gasteiger partial charge in [0, 0.05) is 0 Å². The minimum Gasteiger partial charge on any atom is -0.481 e. The second-order valence-electron chi connectivity index (χ2n) is 9.24. The van der Waals surface area contributed by atoms with Gasteiger partial charge in [0.05, 0.1) is 10.8 Å². The zero-order valence-corrected chi connectivity index (χ0v) is 16.8. The van der Waals surface area contributed by atoms with Gasteiger partial charge in [0.15, 0.2) is 0 Å². The SMILES string of the molecule is CC(C)CCCC(C)CCCC1CCC(C)(C(=O)O)C(C)(C(=O)O)C1. The highest BCUT2D eigenvalue weighted by Crippen LogP contribution is 2.53. The van der Waals surface area contributed by atoms with Gasteiger partial charge in [-0.2, -0.15) is 0 Å². The Hall–Kier alpha value is -1.06. The van der Waals surface area contributed by atoms with Crippen LogP contribution in [0.3, 0.4) is 0 Å². The van der Waals surface area contributed by atoms with Crippen LogP contribution in [0, 0.1) is 28.6 Å². The second kappa shape index (κ2) is 9.05. The largest absolute Gasteiger partial charge is 0.481 e. The molecular weight excluding hydrogens is 316 g/mol. The summed E-state index contributed by atoms with van der Waals surface area (Å²) in [6.07, 6.45) is 8.94. The lowest BCUT2D eigenvalue weighted by Gasteiger charge is -2.47. The monoisotopic (exact) mass is 354 g/mol. The van der Waals surface area contributed by atoms with Gasteiger partial charge in [0.1, 0.15) is 0 Å². The Balaban J connectivity index is 2.49. The first kappa shape index (κ1) is 22.0. The summed E-state index contributed by atoms with van der Waals surface area (Å²) in [6, 6.07) is 0. The number of carbonyl (C=O) groups is 2. The lowest BCUT2D eigenvalue weighted by Crippen LogP contribution is -2.52. The minimum absolute atomic E-state index is 0.330. The molecule has 1 aliphatic carbocycles. The molecule has 0 aliphatic heterocycles. The first-order valence-electron chi connectivity index (χ1n) is 9.99. The normalized spacial score (nSPS) is 31.0. The standard InChI is InChI=1S/C21H38O4/c1-15(2)8-6-9-16(3)10-7-11-17-12-13-20(4,18(22)23)21(5,14-17)19(24)25/h15-17H,6-14H2,1-5H3,(H,22,23)(H,24,25). The first-order valence-corrected chi connectivity index (χ1v) is 9.99. The molecule has 2 N–H and O–H groups in total. The van der Waals surface area contributed by atoms with Crippen molar-refractivity contribution in [2.75, 3.05) is 0 Å². The van der Waals surface area contributed by atoms with Crippen molar-refractivity contribution in [1.82, 2.24) is 0 Å². The number of hydrogen-bond donors (Lipinski definition) is 2. The fourth-order valence-corrected chi connectivity index (χ4v) is 4.36. The van der Waals surface area contributed by atoms with Gasteiger partial charge in [-0.1, -0.05) is 59.3 Å². The summed E-state index contributed by atoms with van der Waals surface area (Å²) in [5.74, 6) is -0.126. The van der Waals surface area contributed by atoms with Gasteiger partial charge in [-0.25, -0.2) is 0 Å². The third-order valence-electron chi connectivity index (χ3n) is 6.70. The Kier molecular flexibility index (Phi) is 7.95. The van der Waals surface area contributed by atoms with Crippen LogP contribution < -0.4 is 0 Å². The Labute approximate surface area is 153 Å². The summed E-state index contributed by atoms with van der Waals surface area (Å²) in [7, 11) is 0. The van der Waals surface area contributed by atoms with E-state index in [2.05, 4.69) is 20.8 Å². The summed E-state index contributed by atoms with van der Waals surface area (Å²) in [6.45, 7) is 10.1. The lowest BCUT2D eigenvalue weighted by molar-refractivity contribution is -0.178. The van der Waals surface area contributed by atoms with Crippen LogP contribution in [0.2, 0.25) is 0 Å². The van der Waals surface area contributed by atoms with Gasteiger partial charge in [-0.15, -0.1) is 0 Å². The lowest BCUT2D eigenvalue weighted by atomic mass is 9.54. The molecule has 1 rings (SSSR count). The van der Waals surface area contributed by atoms with Crippen molar-refractivity contribution in [3.8, 4) is 0 Å².